The van der Waals surface area contributed by atoms with E-state index in [1.165, 1.54) is 0 Å². The third-order valence-corrected chi connectivity index (χ3v) is 15.3. The summed E-state index contributed by atoms with van der Waals surface area (Å²) in [5.74, 6) is -0.979. The third-order valence-electron chi connectivity index (χ3n) is 15.3. The molecule has 6 N–H and O–H groups in total. The van der Waals surface area contributed by atoms with Crippen LogP contribution in [-0.2, 0) is 19.1 Å². The fourth-order valence-corrected chi connectivity index (χ4v) is 11.9. The molecule has 0 bridgehead atoms. The maximum atomic E-state index is 14.6. The van der Waals surface area contributed by atoms with Crippen LogP contribution in [0.4, 0.5) is 0 Å². The predicted octanol–water partition coefficient (Wildman–Crippen LogP) is 3.21. The van der Waals surface area contributed by atoms with E-state index in [9.17, 15) is 40.2 Å². The highest BCUT2D eigenvalue weighted by atomic mass is 16.7. The summed E-state index contributed by atoms with van der Waals surface area (Å²) < 4.78 is 12.0. The quantitative estimate of drug-likeness (QED) is 0.243. The SMILES string of the molecule is C[C@]1(C(=O)O)CC[C@]2(C)CC[C@]3(C)C(=CC(=O)[C@@H]4[C@@]5(C)CC[C@H](O[C@@H]6O[C@H](CO)[C@@H](O)[C@H](O)[C@H]6O)[C@](C)(CO)[C@@H]5CC[C@]43C)[C@@H]2C1. The number of carbonyl (C=O) groups excluding carboxylic acids is 1. The summed E-state index contributed by atoms with van der Waals surface area (Å²) in [4.78, 5) is 27.0. The van der Waals surface area contributed by atoms with Crippen molar-refractivity contribution in [2.45, 2.75) is 136 Å². The minimum Gasteiger partial charge on any atom is -0.481 e. The second-order valence-electron chi connectivity index (χ2n) is 17.6. The molecule has 0 radical (unpaired) electrons. The minimum atomic E-state index is -1.56. The first kappa shape index (κ1) is 34.5. The second kappa shape index (κ2) is 11.1. The van der Waals surface area contributed by atoms with Gasteiger partial charge in [0.25, 0.3) is 0 Å². The first-order valence-corrected chi connectivity index (χ1v) is 17.4. The van der Waals surface area contributed by atoms with Crippen LogP contribution in [0.2, 0.25) is 0 Å². The molecule has 0 unspecified atom stereocenters. The number of carbonyl (C=O) groups is 2. The molecule has 1 heterocycles. The van der Waals surface area contributed by atoms with E-state index in [-0.39, 0.29) is 46.4 Å². The molecule has 10 heteroatoms. The van der Waals surface area contributed by atoms with Gasteiger partial charge >= 0.3 is 5.97 Å². The lowest BCUT2D eigenvalue weighted by molar-refractivity contribution is -0.332. The summed E-state index contributed by atoms with van der Waals surface area (Å²) in [6, 6.07) is 0. The normalized spacial score (nSPS) is 55.3. The van der Waals surface area contributed by atoms with Gasteiger partial charge in [-0.3, -0.25) is 9.59 Å². The highest BCUT2D eigenvalue weighted by Crippen LogP contribution is 2.75. The minimum absolute atomic E-state index is 0.0276. The van der Waals surface area contributed by atoms with Crippen molar-refractivity contribution in [2.75, 3.05) is 13.2 Å². The molecule has 15 atom stereocenters. The first-order chi connectivity index (χ1) is 21.3. The predicted molar refractivity (Wildman–Crippen MR) is 167 cm³/mol. The Labute approximate surface area is 272 Å². The number of carboxylic acids is 1. The number of carboxylic acid groups (broad SMARTS) is 1. The van der Waals surface area contributed by atoms with Crippen molar-refractivity contribution in [3.05, 3.63) is 11.6 Å². The van der Waals surface area contributed by atoms with Crippen molar-refractivity contribution in [3.63, 3.8) is 0 Å². The number of fused-ring (bicyclic) bond motifs is 7. The number of allylic oxidation sites excluding steroid dienone is 2. The van der Waals surface area contributed by atoms with Crippen LogP contribution >= 0.6 is 0 Å². The Morgan fingerprint density at radius 3 is 2.22 bits per heavy atom. The van der Waals surface area contributed by atoms with Gasteiger partial charge in [0.15, 0.2) is 12.1 Å². The average molecular weight is 649 g/mol. The number of aliphatic hydroxyl groups excluding tert-OH is 5. The van der Waals surface area contributed by atoms with Gasteiger partial charge in [-0.05, 0) is 104 Å². The molecule has 4 saturated carbocycles. The van der Waals surface area contributed by atoms with E-state index >= 15 is 0 Å². The molecule has 6 aliphatic rings. The van der Waals surface area contributed by atoms with Gasteiger partial charge in [-0.15, -0.1) is 0 Å². The highest BCUT2D eigenvalue weighted by Gasteiger charge is 2.71. The molecule has 5 aliphatic carbocycles. The smallest absolute Gasteiger partial charge is 0.309 e. The summed E-state index contributed by atoms with van der Waals surface area (Å²) in [7, 11) is 0. The summed E-state index contributed by atoms with van der Waals surface area (Å²) >= 11 is 0. The molecule has 1 aliphatic heterocycles. The Bertz CT molecular complexity index is 1280. The number of rotatable bonds is 5. The lowest BCUT2D eigenvalue weighted by atomic mass is 9.33. The van der Waals surface area contributed by atoms with Crippen LogP contribution in [-0.4, -0.2) is 92.4 Å². The molecule has 0 aromatic carbocycles. The fraction of sp³-hybridized carbons (Fsp3) is 0.889. The van der Waals surface area contributed by atoms with Crippen LogP contribution < -0.4 is 0 Å². The third kappa shape index (κ3) is 4.53. The first-order valence-electron chi connectivity index (χ1n) is 17.4. The lowest BCUT2D eigenvalue weighted by Crippen LogP contribution is -2.68. The van der Waals surface area contributed by atoms with E-state index in [4.69, 9.17) is 9.47 Å². The number of aliphatic carboxylic acids is 1. The molecule has 0 amide bonds. The average Bonchev–Trinajstić information content (AvgIpc) is 3.00. The number of ether oxygens (including phenoxy) is 2. The van der Waals surface area contributed by atoms with Gasteiger partial charge in [0.2, 0.25) is 0 Å². The molecule has 0 aromatic heterocycles. The molecule has 1 saturated heterocycles. The van der Waals surface area contributed by atoms with Gasteiger partial charge in [0.05, 0.1) is 24.7 Å². The summed E-state index contributed by atoms with van der Waals surface area (Å²) in [5, 5.41) is 62.2. The van der Waals surface area contributed by atoms with E-state index in [2.05, 4.69) is 27.7 Å². The number of ketones is 1. The van der Waals surface area contributed by atoms with E-state index in [0.29, 0.717) is 25.7 Å². The molecular formula is C36H56O10. The van der Waals surface area contributed by atoms with Crippen molar-refractivity contribution < 1.29 is 49.7 Å². The van der Waals surface area contributed by atoms with E-state index in [1.807, 2.05) is 19.9 Å². The van der Waals surface area contributed by atoms with Gasteiger partial charge in [-0.1, -0.05) is 40.2 Å². The summed E-state index contributed by atoms with van der Waals surface area (Å²) in [5.41, 5.74) is -1.54. The van der Waals surface area contributed by atoms with Crippen molar-refractivity contribution in [3.8, 4) is 0 Å². The van der Waals surface area contributed by atoms with Gasteiger partial charge in [0.1, 0.15) is 24.4 Å². The standard InChI is InChI=1S/C36H56O10/c1-31-11-12-32(2,30(43)44)16-20(31)19-15-21(39)28-33(3)9-8-24(46-29-27(42)26(41)25(40)22(17-37)45-29)34(4,18-38)23(33)7-10-36(28,6)35(19,5)14-13-31/h15,20,22-29,37-38,40-42H,7-14,16-18H2,1-6H3,(H,43,44)/t20-,22+,23+,24-,25+,26-,27+,28+,29-,31+,32-,33-,34+,35+,36+/m0/s1. The number of aliphatic hydroxyl groups is 5. The number of hydrogen-bond donors (Lipinski definition) is 6. The zero-order valence-electron chi connectivity index (χ0n) is 28.4. The molecule has 46 heavy (non-hydrogen) atoms. The van der Waals surface area contributed by atoms with Gasteiger partial charge in [-0.25, -0.2) is 0 Å². The van der Waals surface area contributed by atoms with Crippen molar-refractivity contribution in [2.24, 2.45) is 50.2 Å². The molecule has 5 fully saturated rings. The lowest BCUT2D eigenvalue weighted by Gasteiger charge is -2.70. The fourth-order valence-electron chi connectivity index (χ4n) is 11.9. The molecular weight excluding hydrogens is 592 g/mol. The molecule has 0 spiro atoms. The zero-order valence-corrected chi connectivity index (χ0v) is 28.4. The Morgan fingerprint density at radius 1 is 0.913 bits per heavy atom. The van der Waals surface area contributed by atoms with Crippen LogP contribution in [0.5, 0.6) is 0 Å². The Balaban J connectivity index is 1.33. The largest absolute Gasteiger partial charge is 0.481 e. The topological polar surface area (TPSA) is 174 Å². The molecule has 260 valence electrons. The monoisotopic (exact) mass is 648 g/mol. The van der Waals surface area contributed by atoms with Crippen molar-refractivity contribution in [1.29, 1.82) is 0 Å². The van der Waals surface area contributed by atoms with Gasteiger partial charge < -0.3 is 40.1 Å². The highest BCUT2D eigenvalue weighted by molar-refractivity contribution is 5.95. The molecule has 10 nitrogen and oxygen atoms in total. The van der Waals surface area contributed by atoms with Crippen molar-refractivity contribution >= 4 is 11.8 Å². The van der Waals surface area contributed by atoms with Crippen LogP contribution in [0.3, 0.4) is 0 Å². The second-order valence-corrected chi connectivity index (χ2v) is 17.6. The van der Waals surface area contributed by atoms with Crippen LogP contribution in [0.15, 0.2) is 11.6 Å². The van der Waals surface area contributed by atoms with Crippen molar-refractivity contribution in [1.82, 2.24) is 0 Å². The Kier molecular flexibility index (Phi) is 8.28. The van der Waals surface area contributed by atoms with Gasteiger partial charge in [-0.2, -0.15) is 0 Å². The maximum absolute atomic E-state index is 14.6. The molecule has 0 aromatic rings. The molecule has 6 rings (SSSR count). The van der Waals surface area contributed by atoms with Crippen LogP contribution in [0.25, 0.3) is 0 Å². The Hall–Kier alpha value is -1.40. The van der Waals surface area contributed by atoms with E-state index in [0.717, 1.165) is 37.7 Å². The maximum Gasteiger partial charge on any atom is 0.309 e. The van der Waals surface area contributed by atoms with E-state index in [1.54, 1.807) is 0 Å². The summed E-state index contributed by atoms with van der Waals surface area (Å²) in [6.45, 7) is 12.2. The Morgan fingerprint density at radius 2 is 1.59 bits per heavy atom. The zero-order chi connectivity index (χ0) is 33.8. The van der Waals surface area contributed by atoms with Crippen LogP contribution in [0.1, 0.15) is 99.3 Å². The van der Waals surface area contributed by atoms with Crippen LogP contribution in [0, 0.1) is 50.2 Å². The summed E-state index contributed by atoms with van der Waals surface area (Å²) in [6.07, 6.45) is 1.06. The van der Waals surface area contributed by atoms with E-state index < -0.39 is 65.6 Å². The number of hydrogen-bond acceptors (Lipinski definition) is 9. The van der Waals surface area contributed by atoms with Gasteiger partial charge in [0, 0.05) is 11.3 Å².